The molecule has 0 atom stereocenters. The molecule has 1 aliphatic carbocycles. The van der Waals surface area contributed by atoms with Gasteiger partial charge in [-0.15, -0.1) is 0 Å². The van der Waals surface area contributed by atoms with Gasteiger partial charge < -0.3 is 0 Å². The van der Waals surface area contributed by atoms with Gasteiger partial charge in [0.15, 0.2) is 0 Å². The second-order valence-electron chi connectivity index (χ2n) is 7.53. The average Bonchev–Trinajstić information content (AvgIpc) is 2.66. The lowest BCUT2D eigenvalue weighted by Gasteiger charge is -2.41. The van der Waals surface area contributed by atoms with Crippen LogP contribution in [-0.4, -0.2) is 47.0 Å². The van der Waals surface area contributed by atoms with E-state index >= 15 is 0 Å². The summed E-state index contributed by atoms with van der Waals surface area (Å²) in [6.07, 6.45) is 9.08. The van der Waals surface area contributed by atoms with Crippen LogP contribution >= 0.6 is 0 Å². The van der Waals surface area contributed by atoms with Gasteiger partial charge in [0.05, 0.1) is 5.52 Å². The van der Waals surface area contributed by atoms with Crippen LogP contribution in [-0.2, 0) is 6.54 Å². The second-order valence-corrected chi connectivity index (χ2v) is 7.53. The molecule has 128 valence electrons. The highest BCUT2D eigenvalue weighted by molar-refractivity contribution is 5.82. The molecule has 0 N–H and O–H groups in total. The van der Waals surface area contributed by atoms with Crippen LogP contribution in [0.4, 0.5) is 0 Å². The molecule has 1 aromatic carbocycles. The summed E-state index contributed by atoms with van der Waals surface area (Å²) in [6, 6.07) is 9.57. The van der Waals surface area contributed by atoms with E-state index in [0.29, 0.717) is 0 Å². The van der Waals surface area contributed by atoms with Gasteiger partial charge in [-0.25, -0.2) is 0 Å². The Morgan fingerprint density at radius 1 is 1.00 bits per heavy atom. The van der Waals surface area contributed by atoms with Gasteiger partial charge in [-0.2, -0.15) is 0 Å². The topological polar surface area (TPSA) is 19.4 Å². The fraction of sp³-hybridized carbons (Fsp3) is 0.571. The number of hydrogen-bond acceptors (Lipinski definition) is 3. The minimum Gasteiger partial charge on any atom is -0.298 e. The van der Waals surface area contributed by atoms with Crippen molar-refractivity contribution in [3.05, 3.63) is 41.6 Å². The minimum absolute atomic E-state index is 0.868. The Hall–Kier alpha value is -1.45. The maximum atomic E-state index is 4.58. The molecule has 0 bridgehead atoms. The fourth-order valence-electron chi connectivity index (χ4n) is 4.48. The quantitative estimate of drug-likeness (QED) is 0.851. The molecule has 1 saturated heterocycles. The molecular formula is C21H29N3. The molecule has 0 spiro atoms. The number of benzene rings is 1. The number of aromatic nitrogens is 1. The molecule has 3 heteroatoms. The predicted octanol–water partition coefficient (Wildman–Crippen LogP) is 3.99. The number of nitrogens with zero attached hydrogens (tertiary/aromatic N) is 3. The molecule has 1 aliphatic heterocycles. The van der Waals surface area contributed by atoms with Crippen LogP contribution in [0.5, 0.6) is 0 Å². The van der Waals surface area contributed by atoms with Crippen molar-refractivity contribution in [3.8, 4) is 0 Å². The number of hydrogen-bond donors (Lipinski definition) is 0. The van der Waals surface area contributed by atoms with E-state index in [1.807, 2.05) is 12.3 Å². The third kappa shape index (κ3) is 3.33. The van der Waals surface area contributed by atoms with Gasteiger partial charge in [0.1, 0.15) is 0 Å². The molecule has 2 aliphatic rings. The van der Waals surface area contributed by atoms with Crippen LogP contribution in [0.1, 0.15) is 43.2 Å². The summed E-state index contributed by atoms with van der Waals surface area (Å²) in [7, 11) is 0. The minimum atomic E-state index is 0.868. The number of piperazine rings is 1. The summed E-state index contributed by atoms with van der Waals surface area (Å²) in [6.45, 7) is 8.19. The van der Waals surface area contributed by atoms with Crippen molar-refractivity contribution in [3.63, 3.8) is 0 Å². The normalized spacial score (nSPS) is 21.4. The molecule has 1 saturated carbocycles. The molecule has 0 unspecified atom stereocenters. The van der Waals surface area contributed by atoms with Crippen molar-refractivity contribution in [1.29, 1.82) is 0 Å². The third-order valence-electron chi connectivity index (χ3n) is 6.03. The van der Waals surface area contributed by atoms with E-state index in [-0.39, 0.29) is 0 Å². The molecule has 24 heavy (non-hydrogen) atoms. The first kappa shape index (κ1) is 16.0. The molecule has 2 heterocycles. The van der Waals surface area contributed by atoms with Crippen LogP contribution < -0.4 is 0 Å². The fourth-order valence-corrected chi connectivity index (χ4v) is 4.48. The highest BCUT2D eigenvalue weighted by Crippen LogP contribution is 2.25. The van der Waals surface area contributed by atoms with E-state index in [4.69, 9.17) is 0 Å². The molecule has 3 nitrogen and oxygen atoms in total. The number of fused-ring (bicyclic) bond motifs is 1. The largest absolute Gasteiger partial charge is 0.298 e. The molecule has 4 rings (SSSR count). The molecule has 2 fully saturated rings. The summed E-state index contributed by atoms with van der Waals surface area (Å²) in [5, 5.41) is 1.25. The van der Waals surface area contributed by atoms with E-state index in [1.165, 1.54) is 74.8 Å². The third-order valence-corrected chi connectivity index (χ3v) is 6.03. The van der Waals surface area contributed by atoms with Crippen molar-refractivity contribution in [2.75, 3.05) is 26.2 Å². The number of rotatable bonds is 3. The smallest absolute Gasteiger partial charge is 0.0734 e. The van der Waals surface area contributed by atoms with Crippen molar-refractivity contribution in [1.82, 2.24) is 14.8 Å². The van der Waals surface area contributed by atoms with Gasteiger partial charge in [0, 0.05) is 50.3 Å². The maximum absolute atomic E-state index is 4.58. The van der Waals surface area contributed by atoms with E-state index in [2.05, 4.69) is 39.9 Å². The Labute approximate surface area is 145 Å². The first-order valence-corrected chi connectivity index (χ1v) is 9.61. The van der Waals surface area contributed by atoms with Gasteiger partial charge in [0.2, 0.25) is 0 Å². The highest BCUT2D eigenvalue weighted by Gasteiger charge is 2.25. The monoisotopic (exact) mass is 323 g/mol. The van der Waals surface area contributed by atoms with E-state index in [9.17, 15) is 0 Å². The van der Waals surface area contributed by atoms with E-state index in [1.54, 1.807) is 0 Å². The zero-order chi connectivity index (χ0) is 16.4. The van der Waals surface area contributed by atoms with Crippen molar-refractivity contribution in [2.45, 2.75) is 51.6 Å². The highest BCUT2D eigenvalue weighted by atomic mass is 15.3. The SMILES string of the molecule is Cc1c(CN2CCN(C3CCCCC3)CC2)ccc2cccnc12. The van der Waals surface area contributed by atoms with E-state index in [0.717, 1.165) is 18.1 Å². The van der Waals surface area contributed by atoms with Gasteiger partial charge in [0.25, 0.3) is 0 Å². The Bertz CT molecular complexity index is 683. The van der Waals surface area contributed by atoms with Crippen molar-refractivity contribution in [2.24, 2.45) is 0 Å². The Kier molecular flexibility index (Phi) is 4.81. The lowest BCUT2D eigenvalue weighted by atomic mass is 9.94. The molecule has 1 aromatic heterocycles. The first-order valence-electron chi connectivity index (χ1n) is 9.61. The van der Waals surface area contributed by atoms with E-state index < -0.39 is 0 Å². The molecule has 2 aromatic rings. The second kappa shape index (κ2) is 7.20. The summed E-state index contributed by atoms with van der Waals surface area (Å²) in [5.41, 5.74) is 3.95. The summed E-state index contributed by atoms with van der Waals surface area (Å²) in [4.78, 5) is 9.96. The lowest BCUT2D eigenvalue weighted by Crippen LogP contribution is -2.50. The van der Waals surface area contributed by atoms with Crippen LogP contribution in [0.25, 0.3) is 10.9 Å². The summed E-state index contributed by atoms with van der Waals surface area (Å²) >= 11 is 0. The van der Waals surface area contributed by atoms with Gasteiger partial charge in [-0.05, 0) is 37.0 Å². The Morgan fingerprint density at radius 2 is 1.79 bits per heavy atom. The lowest BCUT2D eigenvalue weighted by molar-refractivity contribution is 0.0754. The van der Waals surface area contributed by atoms with Gasteiger partial charge >= 0.3 is 0 Å². The standard InChI is InChI=1S/C21H29N3/c1-17-19(10-9-18-6-5-11-22-21(17)18)16-23-12-14-24(15-13-23)20-7-3-2-4-8-20/h5-6,9-11,20H,2-4,7-8,12-16H2,1H3. The van der Waals surface area contributed by atoms with Crippen LogP contribution in [0, 0.1) is 6.92 Å². The van der Waals surface area contributed by atoms with Gasteiger partial charge in [-0.1, -0.05) is 37.5 Å². The predicted molar refractivity (Wildman–Crippen MR) is 100 cm³/mol. The molecule has 0 radical (unpaired) electrons. The Balaban J connectivity index is 1.39. The zero-order valence-electron chi connectivity index (χ0n) is 14.9. The molecule has 0 amide bonds. The molecular weight excluding hydrogens is 294 g/mol. The van der Waals surface area contributed by atoms with Crippen molar-refractivity contribution >= 4 is 10.9 Å². The van der Waals surface area contributed by atoms with Crippen LogP contribution in [0.15, 0.2) is 30.5 Å². The first-order chi connectivity index (χ1) is 11.8. The summed E-state index contributed by atoms with van der Waals surface area (Å²) < 4.78 is 0. The average molecular weight is 323 g/mol. The van der Waals surface area contributed by atoms with Crippen LogP contribution in [0.2, 0.25) is 0 Å². The van der Waals surface area contributed by atoms with Crippen molar-refractivity contribution < 1.29 is 0 Å². The Morgan fingerprint density at radius 3 is 2.58 bits per heavy atom. The number of pyridine rings is 1. The maximum Gasteiger partial charge on any atom is 0.0734 e. The van der Waals surface area contributed by atoms with Gasteiger partial charge in [-0.3, -0.25) is 14.8 Å². The zero-order valence-corrected chi connectivity index (χ0v) is 14.9. The van der Waals surface area contributed by atoms with Crippen LogP contribution in [0.3, 0.4) is 0 Å². The summed E-state index contributed by atoms with van der Waals surface area (Å²) in [5.74, 6) is 0. The number of aryl methyl sites for hydroxylation is 1.